The first-order valence-electron chi connectivity index (χ1n) is 6.09. The van der Waals surface area contributed by atoms with E-state index < -0.39 is 23.6 Å². The van der Waals surface area contributed by atoms with Crippen LogP contribution in [0.4, 0.5) is 8.78 Å². The third kappa shape index (κ3) is 3.80. The van der Waals surface area contributed by atoms with Crippen LogP contribution in [-0.4, -0.2) is 5.91 Å². The van der Waals surface area contributed by atoms with Gasteiger partial charge in [-0.05, 0) is 58.7 Å². The summed E-state index contributed by atoms with van der Waals surface area (Å²) in [5, 5.41) is 2.70. The first kappa shape index (κ1) is 15.9. The van der Waals surface area contributed by atoms with Gasteiger partial charge in [0.05, 0.1) is 16.6 Å². The number of hydrogen-bond donors (Lipinski definition) is 1. The Labute approximate surface area is 134 Å². The SMILES string of the molecule is CC(NC(=O)c1cc(F)ccc1Br)c1ccc(F)c(Cl)c1. The molecule has 2 rings (SSSR count). The van der Waals surface area contributed by atoms with Gasteiger partial charge >= 0.3 is 0 Å². The largest absolute Gasteiger partial charge is 0.345 e. The standard InChI is InChI=1S/C15H11BrClF2NO/c1-8(9-2-5-14(19)13(17)6-9)20-15(21)11-7-10(18)3-4-12(11)16/h2-8H,1H3,(H,20,21). The van der Waals surface area contributed by atoms with Crippen LogP contribution in [0.5, 0.6) is 0 Å². The maximum absolute atomic E-state index is 13.2. The predicted molar refractivity (Wildman–Crippen MR) is 81.4 cm³/mol. The molecule has 0 radical (unpaired) electrons. The zero-order chi connectivity index (χ0) is 15.6. The van der Waals surface area contributed by atoms with Crippen molar-refractivity contribution in [3.05, 3.63) is 68.7 Å². The quantitative estimate of drug-likeness (QED) is 0.816. The second kappa shape index (κ2) is 6.54. The van der Waals surface area contributed by atoms with E-state index in [4.69, 9.17) is 11.6 Å². The van der Waals surface area contributed by atoms with E-state index in [9.17, 15) is 13.6 Å². The Morgan fingerprint density at radius 2 is 1.95 bits per heavy atom. The van der Waals surface area contributed by atoms with Gasteiger partial charge in [-0.15, -0.1) is 0 Å². The van der Waals surface area contributed by atoms with E-state index in [1.807, 2.05) is 0 Å². The number of carbonyl (C=O) groups is 1. The lowest BCUT2D eigenvalue weighted by molar-refractivity contribution is 0.0938. The first-order chi connectivity index (χ1) is 9.88. The molecule has 2 aromatic carbocycles. The molecule has 0 aliphatic rings. The summed E-state index contributed by atoms with van der Waals surface area (Å²) >= 11 is 8.91. The molecule has 1 unspecified atom stereocenters. The molecular weight excluding hydrogens is 364 g/mol. The van der Waals surface area contributed by atoms with Crippen LogP contribution in [0, 0.1) is 11.6 Å². The van der Waals surface area contributed by atoms with Crippen molar-refractivity contribution in [3.8, 4) is 0 Å². The molecule has 1 amide bonds. The second-order valence-electron chi connectivity index (χ2n) is 4.49. The van der Waals surface area contributed by atoms with Gasteiger partial charge in [0.1, 0.15) is 11.6 Å². The van der Waals surface area contributed by atoms with Crippen LogP contribution < -0.4 is 5.32 Å². The Balaban J connectivity index is 2.18. The van der Waals surface area contributed by atoms with Crippen LogP contribution in [0.1, 0.15) is 28.9 Å². The van der Waals surface area contributed by atoms with Crippen LogP contribution in [0.3, 0.4) is 0 Å². The number of hydrogen-bond acceptors (Lipinski definition) is 1. The maximum atomic E-state index is 13.2. The van der Waals surface area contributed by atoms with Crippen LogP contribution in [0.25, 0.3) is 0 Å². The minimum absolute atomic E-state index is 0.0134. The van der Waals surface area contributed by atoms with E-state index >= 15 is 0 Å². The van der Waals surface area contributed by atoms with Crippen molar-refractivity contribution in [1.82, 2.24) is 5.32 Å². The highest BCUT2D eigenvalue weighted by atomic mass is 79.9. The molecule has 2 aromatic rings. The minimum atomic E-state index is -0.521. The van der Waals surface area contributed by atoms with Crippen molar-refractivity contribution in [2.75, 3.05) is 0 Å². The summed E-state index contributed by atoms with van der Waals surface area (Å²) < 4.78 is 26.8. The molecule has 0 saturated heterocycles. The van der Waals surface area contributed by atoms with Gasteiger partial charge in [0.25, 0.3) is 5.91 Å². The maximum Gasteiger partial charge on any atom is 0.253 e. The molecule has 0 fully saturated rings. The molecule has 2 nitrogen and oxygen atoms in total. The van der Waals surface area contributed by atoms with Gasteiger partial charge in [0, 0.05) is 4.47 Å². The van der Waals surface area contributed by atoms with Gasteiger partial charge in [-0.2, -0.15) is 0 Å². The monoisotopic (exact) mass is 373 g/mol. The molecule has 0 bridgehead atoms. The highest BCUT2D eigenvalue weighted by molar-refractivity contribution is 9.10. The molecule has 0 aromatic heterocycles. The zero-order valence-corrected chi connectivity index (χ0v) is 13.3. The highest BCUT2D eigenvalue weighted by Gasteiger charge is 2.15. The second-order valence-corrected chi connectivity index (χ2v) is 5.75. The summed E-state index contributed by atoms with van der Waals surface area (Å²) in [7, 11) is 0. The number of nitrogens with one attached hydrogen (secondary N) is 1. The lowest BCUT2D eigenvalue weighted by Gasteiger charge is -2.15. The van der Waals surface area contributed by atoms with Crippen LogP contribution in [0.15, 0.2) is 40.9 Å². The molecule has 0 aliphatic heterocycles. The lowest BCUT2D eigenvalue weighted by Crippen LogP contribution is -2.27. The number of rotatable bonds is 3. The van der Waals surface area contributed by atoms with Crippen LogP contribution in [0.2, 0.25) is 5.02 Å². The fourth-order valence-electron chi connectivity index (χ4n) is 1.81. The molecule has 21 heavy (non-hydrogen) atoms. The normalized spacial score (nSPS) is 12.0. The van der Waals surface area contributed by atoms with Crippen molar-refractivity contribution >= 4 is 33.4 Å². The van der Waals surface area contributed by atoms with Gasteiger partial charge in [-0.3, -0.25) is 4.79 Å². The fourth-order valence-corrected chi connectivity index (χ4v) is 2.43. The Morgan fingerprint density at radius 1 is 1.24 bits per heavy atom. The van der Waals surface area contributed by atoms with Gasteiger partial charge in [-0.1, -0.05) is 17.7 Å². The molecule has 1 atom stereocenters. The molecule has 1 N–H and O–H groups in total. The third-order valence-electron chi connectivity index (χ3n) is 2.96. The number of benzene rings is 2. The summed E-state index contributed by atoms with van der Waals surface area (Å²) in [4.78, 5) is 12.1. The molecule has 110 valence electrons. The topological polar surface area (TPSA) is 29.1 Å². The van der Waals surface area contributed by atoms with Gasteiger partial charge in [-0.25, -0.2) is 8.78 Å². The Kier molecular flexibility index (Phi) is 4.96. The fraction of sp³-hybridized carbons (Fsp3) is 0.133. The summed E-state index contributed by atoms with van der Waals surface area (Å²) in [6.45, 7) is 1.73. The van der Waals surface area contributed by atoms with Crippen LogP contribution >= 0.6 is 27.5 Å². The van der Waals surface area contributed by atoms with Crippen molar-refractivity contribution in [3.63, 3.8) is 0 Å². The molecule has 0 saturated carbocycles. The Bertz CT molecular complexity index is 693. The van der Waals surface area contributed by atoms with Gasteiger partial charge in [0.2, 0.25) is 0 Å². The van der Waals surface area contributed by atoms with E-state index in [0.717, 1.165) is 6.07 Å². The van der Waals surface area contributed by atoms with Crippen molar-refractivity contribution in [2.24, 2.45) is 0 Å². The number of amides is 1. The summed E-state index contributed by atoms with van der Waals surface area (Å²) in [6, 6.07) is 7.68. The molecular formula is C15H11BrClF2NO. The average Bonchev–Trinajstić information content (AvgIpc) is 2.44. The Morgan fingerprint density at radius 3 is 2.62 bits per heavy atom. The highest BCUT2D eigenvalue weighted by Crippen LogP contribution is 2.22. The Hall–Kier alpha value is -1.46. The molecule has 0 aliphatic carbocycles. The minimum Gasteiger partial charge on any atom is -0.345 e. The third-order valence-corrected chi connectivity index (χ3v) is 3.95. The number of halogens is 4. The summed E-state index contributed by atoms with van der Waals surface area (Å²) in [5.41, 5.74) is 0.845. The first-order valence-corrected chi connectivity index (χ1v) is 7.26. The molecule has 0 heterocycles. The van der Waals surface area contributed by atoms with E-state index in [0.29, 0.717) is 10.0 Å². The zero-order valence-electron chi connectivity index (χ0n) is 11.0. The van der Waals surface area contributed by atoms with Crippen molar-refractivity contribution in [2.45, 2.75) is 13.0 Å². The van der Waals surface area contributed by atoms with Gasteiger partial charge in [0.15, 0.2) is 0 Å². The van der Waals surface area contributed by atoms with E-state index in [2.05, 4.69) is 21.2 Å². The molecule has 6 heteroatoms. The molecule has 0 spiro atoms. The lowest BCUT2D eigenvalue weighted by atomic mass is 10.1. The van der Waals surface area contributed by atoms with Crippen molar-refractivity contribution < 1.29 is 13.6 Å². The number of carbonyl (C=O) groups excluding carboxylic acids is 1. The van der Waals surface area contributed by atoms with Crippen LogP contribution in [-0.2, 0) is 0 Å². The van der Waals surface area contributed by atoms with Crippen molar-refractivity contribution in [1.29, 1.82) is 0 Å². The predicted octanol–water partition coefficient (Wildman–Crippen LogP) is 4.87. The van der Waals surface area contributed by atoms with Gasteiger partial charge < -0.3 is 5.32 Å². The smallest absolute Gasteiger partial charge is 0.253 e. The van der Waals surface area contributed by atoms with E-state index in [-0.39, 0.29) is 10.6 Å². The average molecular weight is 375 g/mol. The summed E-state index contributed by atoms with van der Waals surface area (Å²) in [5.74, 6) is -1.46. The summed E-state index contributed by atoms with van der Waals surface area (Å²) in [6.07, 6.45) is 0. The van der Waals surface area contributed by atoms with E-state index in [1.54, 1.807) is 6.92 Å². The van der Waals surface area contributed by atoms with E-state index in [1.165, 1.54) is 30.3 Å².